The van der Waals surface area contributed by atoms with Crippen molar-refractivity contribution in [3.8, 4) is 0 Å². The van der Waals surface area contributed by atoms with Crippen LogP contribution in [0.5, 0.6) is 0 Å². The minimum absolute atomic E-state index is 0.244. The predicted molar refractivity (Wildman–Crippen MR) is 294 cm³/mol. The monoisotopic (exact) mass is 1120 g/mol. The van der Waals surface area contributed by atoms with E-state index in [1.165, 1.54) is 135 Å². The van der Waals surface area contributed by atoms with Crippen LogP contribution in [0.25, 0.3) is 0 Å². The summed E-state index contributed by atoms with van der Waals surface area (Å²) >= 11 is 0. The number of ether oxygens (including phenoxy) is 6. The largest absolute Gasteiger partial charge is 0.394 e. The molecule has 20 nitrogen and oxygen atoms in total. The molecule has 6 unspecified atom stereocenters. The van der Waals surface area contributed by atoms with Gasteiger partial charge in [0.1, 0.15) is 73.2 Å². The standard InChI is InChI=1S/C58H108N2O18/c1-4-6-8-10-12-14-16-18-19-20-21-23-25-27-29-31-33-35-46(66)60-41(42(65)34-32-30-28-26-24-22-17-15-13-11-9-7-5-2)39-73-57-52(71)50(69)55(44(37-62)75-57)78-58-53(72)51(70)54(45(38-63)76-58)77-56-47(59-40(3)64)49(68)48(67)43(36-61)74-56/h32,34,41-45,47-58,61-63,65,67-72H,4-31,33,35-39H2,1-3H3,(H,59,64)(H,60,66)/b34-32+/t41-,42+,43?,44?,45?,47?,48+,49+,50+,51+,52?,53?,54+,55+,56-,57+,58-/m0/s1. The minimum Gasteiger partial charge on any atom is -0.394 e. The number of aliphatic hydroxyl groups is 10. The maximum atomic E-state index is 13.3. The average molecular weight is 1120 g/mol. The van der Waals surface area contributed by atoms with Crippen LogP contribution >= 0.6 is 0 Å². The predicted octanol–water partition coefficient (Wildman–Crippen LogP) is 4.74. The quantitative estimate of drug-likeness (QED) is 0.0290. The summed E-state index contributed by atoms with van der Waals surface area (Å²) in [7, 11) is 0. The second-order valence-electron chi connectivity index (χ2n) is 22.2. The van der Waals surface area contributed by atoms with Gasteiger partial charge in [0.05, 0.1) is 38.6 Å². The summed E-state index contributed by atoms with van der Waals surface area (Å²) in [6, 6.07) is -2.40. The Morgan fingerprint density at radius 1 is 0.500 bits per heavy atom. The van der Waals surface area contributed by atoms with Gasteiger partial charge < -0.3 is 90.1 Å². The number of amides is 2. The SMILES string of the molecule is CCCCCCCCCCCCC/C=C/[C@@H](O)[C@H](CO[C@@H]1OC(CO)[C@@H](O[C@@H]2OC(CO)[C@@H](O[C@@H]3OC(CO)[C@@H](O)[C@H](O)C3NC(C)=O)[C@H](O)C2O)[C@H](O)C1O)NC(=O)CCCCCCCCCCCCCCCCCCC. The molecule has 3 heterocycles. The molecule has 17 atom stereocenters. The average Bonchev–Trinajstić information content (AvgIpc) is 3.43. The molecule has 0 aliphatic carbocycles. The first kappa shape index (κ1) is 70.3. The zero-order valence-electron chi connectivity index (χ0n) is 47.7. The molecular weight excluding hydrogens is 1010 g/mol. The van der Waals surface area contributed by atoms with Gasteiger partial charge in [0.25, 0.3) is 0 Å². The first-order valence-electron chi connectivity index (χ1n) is 30.4. The lowest BCUT2D eigenvalue weighted by Crippen LogP contribution is -2.68. The number of allylic oxidation sites excluding steroid dienone is 1. The highest BCUT2D eigenvalue weighted by molar-refractivity contribution is 5.76. The van der Waals surface area contributed by atoms with E-state index < -0.39 is 130 Å². The maximum absolute atomic E-state index is 13.3. The van der Waals surface area contributed by atoms with Gasteiger partial charge in [0.2, 0.25) is 11.8 Å². The van der Waals surface area contributed by atoms with Crippen LogP contribution in [0.3, 0.4) is 0 Å². The van der Waals surface area contributed by atoms with Crippen molar-refractivity contribution in [2.75, 3.05) is 26.4 Å². The van der Waals surface area contributed by atoms with E-state index in [1.807, 2.05) is 6.08 Å². The van der Waals surface area contributed by atoms with Crippen LogP contribution in [-0.4, -0.2) is 194 Å². The molecule has 3 aliphatic rings. The van der Waals surface area contributed by atoms with Crippen LogP contribution in [0.2, 0.25) is 0 Å². The fourth-order valence-electron chi connectivity index (χ4n) is 10.6. The summed E-state index contributed by atoms with van der Waals surface area (Å²) in [5.41, 5.74) is 0. The number of aliphatic hydroxyl groups excluding tert-OH is 10. The van der Waals surface area contributed by atoms with Crippen molar-refractivity contribution in [3.63, 3.8) is 0 Å². The van der Waals surface area contributed by atoms with Gasteiger partial charge in [-0.05, 0) is 19.3 Å². The van der Waals surface area contributed by atoms with Gasteiger partial charge in [-0.1, -0.05) is 193 Å². The number of hydrogen-bond donors (Lipinski definition) is 12. The Morgan fingerprint density at radius 3 is 1.35 bits per heavy atom. The lowest BCUT2D eigenvalue weighted by atomic mass is 9.95. The first-order valence-corrected chi connectivity index (χ1v) is 30.4. The van der Waals surface area contributed by atoms with Crippen LogP contribution < -0.4 is 10.6 Å². The Kier molecular flexibility index (Phi) is 37.8. The van der Waals surface area contributed by atoms with Gasteiger partial charge in [0.15, 0.2) is 18.9 Å². The second kappa shape index (κ2) is 41.9. The third-order valence-electron chi connectivity index (χ3n) is 15.5. The highest BCUT2D eigenvalue weighted by Crippen LogP contribution is 2.33. The van der Waals surface area contributed by atoms with E-state index in [0.29, 0.717) is 6.42 Å². The molecule has 0 saturated carbocycles. The molecule has 3 aliphatic heterocycles. The van der Waals surface area contributed by atoms with E-state index >= 15 is 0 Å². The zero-order valence-corrected chi connectivity index (χ0v) is 47.7. The summed E-state index contributed by atoms with van der Waals surface area (Å²) in [5.74, 6) is -0.923. The number of rotatable bonds is 44. The van der Waals surface area contributed by atoms with Crippen LogP contribution in [0.4, 0.5) is 0 Å². The lowest BCUT2D eigenvalue weighted by molar-refractivity contribution is -0.374. The van der Waals surface area contributed by atoms with Crippen LogP contribution in [0.15, 0.2) is 12.2 Å². The molecule has 0 bridgehead atoms. The van der Waals surface area contributed by atoms with E-state index in [-0.39, 0.29) is 18.9 Å². The van der Waals surface area contributed by atoms with E-state index in [1.54, 1.807) is 6.08 Å². The molecule has 458 valence electrons. The summed E-state index contributed by atoms with van der Waals surface area (Å²) in [5, 5.41) is 113. The molecule has 3 fully saturated rings. The zero-order chi connectivity index (χ0) is 57.1. The fourth-order valence-corrected chi connectivity index (χ4v) is 10.6. The van der Waals surface area contributed by atoms with E-state index in [2.05, 4.69) is 24.5 Å². The molecule has 0 radical (unpaired) electrons. The van der Waals surface area contributed by atoms with Crippen molar-refractivity contribution in [2.24, 2.45) is 0 Å². The van der Waals surface area contributed by atoms with E-state index in [4.69, 9.17) is 28.4 Å². The molecule has 2 amide bonds. The second-order valence-corrected chi connectivity index (χ2v) is 22.2. The molecule has 78 heavy (non-hydrogen) atoms. The Balaban J connectivity index is 1.54. The van der Waals surface area contributed by atoms with Crippen LogP contribution in [-0.2, 0) is 38.0 Å². The molecule has 12 N–H and O–H groups in total. The Bertz CT molecular complexity index is 1550. The molecule has 0 spiro atoms. The summed E-state index contributed by atoms with van der Waals surface area (Å²) in [4.78, 5) is 25.3. The van der Waals surface area contributed by atoms with Crippen LogP contribution in [0.1, 0.15) is 213 Å². The summed E-state index contributed by atoms with van der Waals surface area (Å²) in [6.07, 6.45) is 13.9. The van der Waals surface area contributed by atoms with Crippen molar-refractivity contribution < 1.29 is 89.1 Å². The molecular formula is C58H108N2O18. The lowest BCUT2D eigenvalue weighted by Gasteiger charge is -2.48. The summed E-state index contributed by atoms with van der Waals surface area (Å²) in [6.45, 7) is 2.83. The first-order chi connectivity index (χ1) is 37.7. The van der Waals surface area contributed by atoms with Gasteiger partial charge in [-0.15, -0.1) is 0 Å². The van der Waals surface area contributed by atoms with Gasteiger partial charge in [-0.3, -0.25) is 9.59 Å². The highest BCUT2D eigenvalue weighted by Gasteiger charge is 2.54. The number of unbranched alkanes of at least 4 members (excludes halogenated alkanes) is 27. The molecule has 20 heteroatoms. The molecule has 0 aromatic heterocycles. The minimum atomic E-state index is -1.99. The van der Waals surface area contributed by atoms with E-state index in [0.717, 1.165) is 51.9 Å². The Morgan fingerprint density at radius 2 is 0.897 bits per heavy atom. The molecule has 0 aromatic rings. The number of nitrogens with one attached hydrogen (secondary N) is 2. The van der Waals surface area contributed by atoms with Crippen molar-refractivity contribution in [1.82, 2.24) is 10.6 Å². The topological polar surface area (TPSA) is 316 Å². The Hall–Kier alpha value is -1.96. The van der Waals surface area contributed by atoms with E-state index in [9.17, 15) is 60.7 Å². The maximum Gasteiger partial charge on any atom is 0.220 e. The molecule has 3 saturated heterocycles. The third-order valence-corrected chi connectivity index (χ3v) is 15.5. The van der Waals surface area contributed by atoms with Crippen molar-refractivity contribution in [2.45, 2.75) is 318 Å². The van der Waals surface area contributed by atoms with Gasteiger partial charge >= 0.3 is 0 Å². The molecule has 0 aromatic carbocycles. The van der Waals surface area contributed by atoms with Gasteiger partial charge in [0, 0.05) is 13.3 Å². The normalized spacial score (nSPS) is 30.4. The molecule has 3 rings (SSSR count). The van der Waals surface area contributed by atoms with Gasteiger partial charge in [-0.25, -0.2) is 0 Å². The van der Waals surface area contributed by atoms with Crippen molar-refractivity contribution in [1.29, 1.82) is 0 Å². The third kappa shape index (κ3) is 26.1. The summed E-state index contributed by atoms with van der Waals surface area (Å²) < 4.78 is 34.8. The smallest absolute Gasteiger partial charge is 0.220 e. The number of carbonyl (C=O) groups excluding carboxylic acids is 2. The van der Waals surface area contributed by atoms with Crippen molar-refractivity contribution >= 4 is 11.8 Å². The Labute approximate surface area is 466 Å². The number of carbonyl (C=O) groups is 2. The highest BCUT2D eigenvalue weighted by atomic mass is 16.8. The number of hydrogen-bond acceptors (Lipinski definition) is 18. The van der Waals surface area contributed by atoms with Gasteiger partial charge in [-0.2, -0.15) is 0 Å². The van der Waals surface area contributed by atoms with Crippen molar-refractivity contribution in [3.05, 3.63) is 12.2 Å². The van der Waals surface area contributed by atoms with Crippen LogP contribution in [0, 0.1) is 0 Å². The fraction of sp³-hybridized carbons (Fsp3) is 0.931.